The summed E-state index contributed by atoms with van der Waals surface area (Å²) in [6.45, 7) is 4.60. The van der Waals surface area contributed by atoms with Crippen molar-refractivity contribution in [3.63, 3.8) is 0 Å². The van der Waals surface area contributed by atoms with Gasteiger partial charge in [-0.3, -0.25) is 0 Å². The Morgan fingerprint density at radius 2 is 1.87 bits per heavy atom. The van der Waals surface area contributed by atoms with Crippen molar-refractivity contribution in [2.75, 3.05) is 5.75 Å². The second-order valence-corrected chi connectivity index (χ2v) is 6.11. The first-order valence-electron chi connectivity index (χ1n) is 6.63. The van der Waals surface area contributed by atoms with Gasteiger partial charge in [0.25, 0.3) is 0 Å². The highest BCUT2D eigenvalue weighted by atomic mass is 32.2. The van der Waals surface area contributed by atoms with E-state index in [1.54, 1.807) is 0 Å². The molecule has 0 aromatic rings. The number of allylic oxidation sites excluding steroid dienone is 1. The molecule has 0 nitrogen and oxygen atoms in total. The molecule has 0 bridgehead atoms. The van der Waals surface area contributed by atoms with Gasteiger partial charge in [-0.2, -0.15) is 11.8 Å². The molecule has 0 spiro atoms. The van der Waals surface area contributed by atoms with Crippen LogP contribution < -0.4 is 0 Å². The fourth-order valence-corrected chi connectivity index (χ4v) is 3.19. The van der Waals surface area contributed by atoms with E-state index in [1.807, 2.05) is 0 Å². The Balaban J connectivity index is 1.94. The van der Waals surface area contributed by atoms with Gasteiger partial charge in [0.2, 0.25) is 0 Å². The molecule has 1 aliphatic rings. The van der Waals surface area contributed by atoms with E-state index < -0.39 is 0 Å². The van der Waals surface area contributed by atoms with E-state index in [2.05, 4.69) is 37.8 Å². The first kappa shape index (κ1) is 13.2. The molecule has 15 heavy (non-hydrogen) atoms. The highest BCUT2D eigenvalue weighted by molar-refractivity contribution is 8.00. The van der Waals surface area contributed by atoms with Gasteiger partial charge in [0.15, 0.2) is 0 Å². The molecule has 88 valence electrons. The van der Waals surface area contributed by atoms with Gasteiger partial charge in [-0.1, -0.05) is 51.7 Å². The van der Waals surface area contributed by atoms with Crippen LogP contribution in [0.15, 0.2) is 12.2 Å². The molecule has 0 heterocycles. The number of thioether (sulfide) groups is 1. The molecular weight excluding hydrogens is 200 g/mol. The van der Waals surface area contributed by atoms with Crippen molar-refractivity contribution in [1.29, 1.82) is 0 Å². The zero-order valence-corrected chi connectivity index (χ0v) is 11.2. The molecule has 1 aliphatic carbocycles. The molecule has 0 aromatic carbocycles. The van der Waals surface area contributed by atoms with Crippen molar-refractivity contribution in [2.24, 2.45) is 5.92 Å². The Hall–Kier alpha value is 0.0900. The fourth-order valence-electron chi connectivity index (χ4n) is 2.01. The van der Waals surface area contributed by atoms with Gasteiger partial charge in [-0.15, -0.1) is 0 Å². The highest BCUT2D eigenvalue weighted by Crippen LogP contribution is 2.26. The fraction of sp³-hybridized carbons (Fsp3) is 0.857. The van der Waals surface area contributed by atoms with Crippen molar-refractivity contribution in [1.82, 2.24) is 0 Å². The minimum absolute atomic E-state index is 0.825. The molecule has 2 atom stereocenters. The van der Waals surface area contributed by atoms with E-state index in [0.29, 0.717) is 0 Å². The van der Waals surface area contributed by atoms with Crippen LogP contribution in [0.1, 0.15) is 58.8 Å². The summed E-state index contributed by atoms with van der Waals surface area (Å²) >= 11 is 2.17. The summed E-state index contributed by atoms with van der Waals surface area (Å²) in [7, 11) is 0. The van der Waals surface area contributed by atoms with Crippen molar-refractivity contribution >= 4 is 11.8 Å². The van der Waals surface area contributed by atoms with Crippen LogP contribution in [0.5, 0.6) is 0 Å². The average Bonchev–Trinajstić information content (AvgIpc) is 2.26. The molecule has 0 amide bonds. The van der Waals surface area contributed by atoms with Crippen molar-refractivity contribution in [3.8, 4) is 0 Å². The molecule has 0 N–H and O–H groups in total. The predicted octanol–water partition coefficient (Wildman–Crippen LogP) is 5.04. The van der Waals surface area contributed by atoms with E-state index in [9.17, 15) is 0 Å². The summed E-state index contributed by atoms with van der Waals surface area (Å²) in [6.07, 6.45) is 14.7. The largest absolute Gasteiger partial charge is 0.154 e. The standard InChI is InChI=1S/C14H26S/c1-3-4-5-6-7-12-15-14-10-8-13(2)9-11-14/h8,10,13-14H,3-7,9,11-12H2,1-2H3. The predicted molar refractivity (Wildman–Crippen MR) is 72.5 cm³/mol. The molecule has 0 saturated carbocycles. The Bertz CT molecular complexity index is 174. The van der Waals surface area contributed by atoms with Gasteiger partial charge < -0.3 is 0 Å². The molecule has 1 heteroatoms. The van der Waals surface area contributed by atoms with E-state index >= 15 is 0 Å². The van der Waals surface area contributed by atoms with Crippen LogP contribution in [-0.2, 0) is 0 Å². The molecule has 0 aromatic heterocycles. The highest BCUT2D eigenvalue weighted by Gasteiger charge is 2.12. The maximum Gasteiger partial charge on any atom is 0.0227 e. The van der Waals surface area contributed by atoms with Gasteiger partial charge in [0.1, 0.15) is 0 Å². The summed E-state index contributed by atoms with van der Waals surface area (Å²) in [5.74, 6) is 2.19. The minimum atomic E-state index is 0.825. The number of hydrogen-bond donors (Lipinski definition) is 0. The lowest BCUT2D eigenvalue weighted by atomic mass is 9.98. The maximum atomic E-state index is 2.44. The van der Waals surface area contributed by atoms with Gasteiger partial charge in [-0.25, -0.2) is 0 Å². The topological polar surface area (TPSA) is 0 Å². The van der Waals surface area contributed by atoms with Crippen LogP contribution in [0.25, 0.3) is 0 Å². The summed E-state index contributed by atoms with van der Waals surface area (Å²) in [6, 6.07) is 0. The normalized spacial score (nSPS) is 25.7. The van der Waals surface area contributed by atoms with Crippen LogP contribution in [-0.4, -0.2) is 11.0 Å². The zero-order chi connectivity index (χ0) is 10.9. The summed E-state index contributed by atoms with van der Waals surface area (Å²) in [4.78, 5) is 0. The van der Waals surface area contributed by atoms with E-state index in [-0.39, 0.29) is 0 Å². The van der Waals surface area contributed by atoms with Gasteiger partial charge in [-0.05, 0) is 30.9 Å². The molecule has 0 saturated heterocycles. The van der Waals surface area contributed by atoms with Crippen molar-refractivity contribution < 1.29 is 0 Å². The lowest BCUT2D eigenvalue weighted by molar-refractivity contribution is 0.590. The number of unbranched alkanes of at least 4 members (excludes halogenated alkanes) is 4. The second-order valence-electron chi connectivity index (χ2n) is 4.76. The Labute approximate surface area is 99.9 Å². The molecule has 0 aliphatic heterocycles. The summed E-state index contributed by atoms with van der Waals surface area (Å²) in [5, 5.41) is 0.826. The van der Waals surface area contributed by atoms with Crippen molar-refractivity contribution in [2.45, 2.75) is 64.0 Å². The van der Waals surface area contributed by atoms with Crippen LogP contribution in [0.2, 0.25) is 0 Å². The maximum absolute atomic E-state index is 2.44. The third-order valence-electron chi connectivity index (χ3n) is 3.14. The Morgan fingerprint density at radius 3 is 2.53 bits per heavy atom. The summed E-state index contributed by atoms with van der Waals surface area (Å²) < 4.78 is 0. The first-order valence-corrected chi connectivity index (χ1v) is 7.67. The molecular formula is C14H26S. The third kappa shape index (κ3) is 6.29. The van der Waals surface area contributed by atoms with Crippen molar-refractivity contribution in [3.05, 3.63) is 12.2 Å². The van der Waals surface area contributed by atoms with Crippen LogP contribution in [0.3, 0.4) is 0 Å². The van der Waals surface area contributed by atoms with Gasteiger partial charge in [0, 0.05) is 5.25 Å². The second kappa shape index (κ2) is 8.27. The lowest BCUT2D eigenvalue weighted by Gasteiger charge is -2.19. The summed E-state index contributed by atoms with van der Waals surface area (Å²) in [5.41, 5.74) is 0. The van der Waals surface area contributed by atoms with E-state index in [0.717, 1.165) is 11.2 Å². The van der Waals surface area contributed by atoms with Gasteiger partial charge >= 0.3 is 0 Å². The van der Waals surface area contributed by atoms with E-state index in [1.165, 1.54) is 50.7 Å². The number of hydrogen-bond acceptors (Lipinski definition) is 1. The van der Waals surface area contributed by atoms with E-state index in [4.69, 9.17) is 0 Å². The average molecular weight is 226 g/mol. The Kier molecular flexibility index (Phi) is 7.25. The van der Waals surface area contributed by atoms with Gasteiger partial charge in [0.05, 0.1) is 0 Å². The zero-order valence-electron chi connectivity index (χ0n) is 10.4. The first-order chi connectivity index (χ1) is 7.33. The number of rotatable bonds is 7. The third-order valence-corrected chi connectivity index (χ3v) is 4.49. The quantitative estimate of drug-likeness (QED) is 0.432. The van der Waals surface area contributed by atoms with Crippen LogP contribution in [0.4, 0.5) is 0 Å². The monoisotopic (exact) mass is 226 g/mol. The molecule has 0 radical (unpaired) electrons. The SMILES string of the molecule is CCCCCCCSC1C=CC(C)CC1. The van der Waals surface area contributed by atoms with Crippen LogP contribution >= 0.6 is 11.8 Å². The Morgan fingerprint density at radius 1 is 1.07 bits per heavy atom. The smallest absolute Gasteiger partial charge is 0.0227 e. The van der Waals surface area contributed by atoms with Crippen LogP contribution in [0, 0.1) is 5.92 Å². The molecule has 0 fully saturated rings. The lowest BCUT2D eigenvalue weighted by Crippen LogP contribution is -2.08. The minimum Gasteiger partial charge on any atom is -0.154 e. The molecule has 1 rings (SSSR count). The molecule has 2 unspecified atom stereocenters.